The van der Waals surface area contributed by atoms with Crippen molar-refractivity contribution in [2.24, 2.45) is 0 Å². The number of carbonyl (C=O) groups is 1. The van der Waals surface area contributed by atoms with E-state index in [4.69, 9.17) is 12.2 Å². The molecule has 1 amide bonds. The minimum absolute atomic E-state index is 0.0551. The van der Waals surface area contributed by atoms with Gasteiger partial charge in [0.05, 0.1) is 22.5 Å². The zero-order chi connectivity index (χ0) is 24.6. The number of pyridine rings is 1. The van der Waals surface area contributed by atoms with Crippen LogP contribution in [0, 0.1) is 18.3 Å². The van der Waals surface area contributed by atoms with E-state index in [1.807, 2.05) is 6.92 Å². The third-order valence-electron chi connectivity index (χ3n) is 6.62. The number of hydrogen-bond donors (Lipinski definition) is 0. The van der Waals surface area contributed by atoms with E-state index >= 15 is 0 Å². The minimum Gasteiger partial charge on any atom is -0.357 e. The van der Waals surface area contributed by atoms with Crippen LogP contribution < -0.4 is 10.5 Å². The van der Waals surface area contributed by atoms with Gasteiger partial charge in [-0.3, -0.25) is 19.1 Å². The summed E-state index contributed by atoms with van der Waals surface area (Å²) in [7, 11) is -3.17. The maximum absolute atomic E-state index is 13.4. The van der Waals surface area contributed by atoms with Gasteiger partial charge in [0.2, 0.25) is 0 Å². The Kier molecular flexibility index (Phi) is 7.22. The van der Waals surface area contributed by atoms with Gasteiger partial charge < -0.3 is 4.90 Å². The molecule has 11 heteroatoms. The van der Waals surface area contributed by atoms with E-state index in [-0.39, 0.29) is 28.5 Å². The topological polar surface area (TPSA) is 103 Å². The summed E-state index contributed by atoms with van der Waals surface area (Å²) in [5, 5.41) is 9.75. The van der Waals surface area contributed by atoms with Gasteiger partial charge in [-0.2, -0.15) is 5.26 Å². The molecule has 4 rings (SSSR count). The van der Waals surface area contributed by atoms with Crippen molar-refractivity contribution < 1.29 is 13.2 Å². The molecular weight excluding hydrogens is 492 g/mol. The van der Waals surface area contributed by atoms with Gasteiger partial charge in [-0.1, -0.05) is 30.9 Å². The standard InChI is InChI=1S/C23H28N4O4S3/c1-3-8-26-20(25-9-5-4-6-10-25)17(15(2)18(13-24)21(26)28)12-19-22(29)27(23(32)33-19)16-7-11-34(30,31)14-16/h12,16H,3-11,14H2,1-2H3/b19-12-. The average molecular weight is 521 g/mol. The lowest BCUT2D eigenvalue weighted by Gasteiger charge is -2.33. The lowest BCUT2D eigenvalue weighted by molar-refractivity contribution is -0.123. The first kappa shape index (κ1) is 24.9. The number of rotatable bonds is 5. The van der Waals surface area contributed by atoms with Crippen LogP contribution in [0.3, 0.4) is 0 Å². The molecule has 0 aromatic carbocycles. The van der Waals surface area contributed by atoms with Crippen LogP contribution >= 0.6 is 24.0 Å². The van der Waals surface area contributed by atoms with Crippen LogP contribution in [0.5, 0.6) is 0 Å². The number of carbonyl (C=O) groups excluding carboxylic acids is 1. The summed E-state index contributed by atoms with van der Waals surface area (Å²) in [5.41, 5.74) is 1.02. The lowest BCUT2D eigenvalue weighted by Crippen LogP contribution is -2.39. The maximum Gasteiger partial charge on any atom is 0.270 e. The summed E-state index contributed by atoms with van der Waals surface area (Å²) in [5.74, 6) is 0.411. The predicted molar refractivity (Wildman–Crippen MR) is 139 cm³/mol. The number of hydrogen-bond acceptors (Lipinski definition) is 8. The zero-order valence-electron chi connectivity index (χ0n) is 19.4. The molecule has 0 aliphatic carbocycles. The fourth-order valence-electron chi connectivity index (χ4n) is 4.93. The quantitative estimate of drug-likeness (QED) is 0.431. The van der Waals surface area contributed by atoms with Crippen LogP contribution in [-0.2, 0) is 21.2 Å². The molecule has 3 aliphatic rings. The molecule has 1 aromatic heterocycles. The van der Waals surface area contributed by atoms with Gasteiger partial charge in [-0.05, 0) is 50.7 Å². The molecule has 4 heterocycles. The first-order valence-corrected chi connectivity index (χ1v) is 14.6. The fourth-order valence-corrected chi connectivity index (χ4v) is 8.01. The summed E-state index contributed by atoms with van der Waals surface area (Å²) in [4.78, 5) is 30.6. The largest absolute Gasteiger partial charge is 0.357 e. The summed E-state index contributed by atoms with van der Waals surface area (Å²) in [6.07, 6.45) is 6.00. The van der Waals surface area contributed by atoms with Crippen LogP contribution in [0.4, 0.5) is 5.82 Å². The van der Waals surface area contributed by atoms with E-state index in [1.165, 1.54) is 4.90 Å². The molecule has 34 heavy (non-hydrogen) atoms. The molecule has 0 saturated carbocycles. The molecule has 1 unspecified atom stereocenters. The van der Waals surface area contributed by atoms with Gasteiger partial charge in [0.25, 0.3) is 11.5 Å². The van der Waals surface area contributed by atoms with Crippen LogP contribution in [0.2, 0.25) is 0 Å². The third-order valence-corrected chi connectivity index (χ3v) is 9.70. The number of sulfone groups is 1. The van der Waals surface area contributed by atoms with Crippen molar-refractivity contribution in [2.75, 3.05) is 29.5 Å². The van der Waals surface area contributed by atoms with Gasteiger partial charge in [0.1, 0.15) is 21.8 Å². The highest BCUT2D eigenvalue weighted by molar-refractivity contribution is 8.26. The van der Waals surface area contributed by atoms with E-state index in [1.54, 1.807) is 17.6 Å². The SMILES string of the molecule is CCCn1c(N2CCCCC2)c(/C=C2\SC(=S)N(C3CCS(=O)(=O)C3)C2=O)c(C)c(C#N)c1=O. The number of aromatic nitrogens is 1. The first-order chi connectivity index (χ1) is 16.2. The Balaban J connectivity index is 1.84. The Morgan fingerprint density at radius 2 is 1.94 bits per heavy atom. The molecule has 0 N–H and O–H groups in total. The number of amides is 1. The Labute approximate surface area is 209 Å². The van der Waals surface area contributed by atoms with Crippen molar-refractivity contribution in [3.63, 3.8) is 0 Å². The molecule has 3 aliphatic heterocycles. The van der Waals surface area contributed by atoms with Crippen molar-refractivity contribution in [2.45, 2.75) is 58.5 Å². The lowest BCUT2D eigenvalue weighted by atomic mass is 10.0. The molecule has 3 fully saturated rings. The molecular formula is C23H28N4O4S3. The first-order valence-electron chi connectivity index (χ1n) is 11.6. The van der Waals surface area contributed by atoms with E-state index < -0.39 is 15.9 Å². The summed E-state index contributed by atoms with van der Waals surface area (Å²) in [6.45, 7) is 5.81. The smallest absolute Gasteiger partial charge is 0.270 e. The van der Waals surface area contributed by atoms with E-state index in [2.05, 4.69) is 11.0 Å². The van der Waals surface area contributed by atoms with E-state index in [9.17, 15) is 23.3 Å². The summed E-state index contributed by atoms with van der Waals surface area (Å²) >= 11 is 6.61. The van der Waals surface area contributed by atoms with Gasteiger partial charge in [-0.15, -0.1) is 0 Å². The monoisotopic (exact) mass is 520 g/mol. The molecule has 1 aromatic rings. The minimum atomic E-state index is -3.17. The second-order valence-corrected chi connectivity index (χ2v) is 12.9. The van der Waals surface area contributed by atoms with Crippen molar-refractivity contribution >= 4 is 55.9 Å². The van der Waals surface area contributed by atoms with Gasteiger partial charge in [-0.25, -0.2) is 8.42 Å². The van der Waals surface area contributed by atoms with E-state index in [0.29, 0.717) is 33.3 Å². The zero-order valence-corrected chi connectivity index (χ0v) is 21.8. The average Bonchev–Trinajstić information content (AvgIpc) is 3.29. The van der Waals surface area contributed by atoms with Crippen molar-refractivity contribution in [1.29, 1.82) is 5.26 Å². The van der Waals surface area contributed by atoms with Crippen LogP contribution in [0.25, 0.3) is 6.08 Å². The highest BCUT2D eigenvalue weighted by atomic mass is 32.2. The number of thiocarbonyl (C=S) groups is 1. The number of thioether (sulfide) groups is 1. The van der Waals surface area contributed by atoms with Gasteiger partial charge >= 0.3 is 0 Å². The van der Waals surface area contributed by atoms with Crippen LogP contribution in [0.1, 0.15) is 55.7 Å². The number of piperidine rings is 1. The normalized spacial score (nSPS) is 23.7. The van der Waals surface area contributed by atoms with Gasteiger partial charge in [0.15, 0.2) is 9.84 Å². The van der Waals surface area contributed by atoms with E-state index in [0.717, 1.165) is 56.4 Å². The molecule has 3 saturated heterocycles. The predicted octanol–water partition coefficient (Wildman–Crippen LogP) is 2.82. The second-order valence-electron chi connectivity index (χ2n) is 8.96. The van der Waals surface area contributed by atoms with Crippen LogP contribution in [-0.4, -0.2) is 58.7 Å². The Morgan fingerprint density at radius 3 is 2.53 bits per heavy atom. The molecule has 0 spiro atoms. The van der Waals surface area contributed by atoms with Gasteiger partial charge in [0, 0.05) is 25.2 Å². The highest BCUT2D eigenvalue weighted by Gasteiger charge is 2.42. The molecule has 1 atom stereocenters. The Morgan fingerprint density at radius 1 is 1.24 bits per heavy atom. The molecule has 0 bridgehead atoms. The fraction of sp³-hybridized carbons (Fsp3) is 0.565. The number of anilines is 1. The highest BCUT2D eigenvalue weighted by Crippen LogP contribution is 2.38. The van der Waals surface area contributed by atoms with Crippen LogP contribution in [0.15, 0.2) is 9.70 Å². The van der Waals surface area contributed by atoms with Crippen molar-refractivity contribution in [1.82, 2.24) is 9.47 Å². The third kappa shape index (κ3) is 4.55. The van der Waals surface area contributed by atoms with Crippen molar-refractivity contribution in [3.8, 4) is 6.07 Å². The maximum atomic E-state index is 13.4. The van der Waals surface area contributed by atoms with Crippen molar-refractivity contribution in [3.05, 3.63) is 31.9 Å². The summed E-state index contributed by atoms with van der Waals surface area (Å²) in [6, 6.07) is 1.62. The Bertz CT molecular complexity index is 1270. The Hall–Kier alpha value is -2.16. The number of nitrogens with zero attached hydrogens (tertiary/aromatic N) is 4. The second kappa shape index (κ2) is 9.84. The number of nitriles is 1. The molecule has 8 nitrogen and oxygen atoms in total. The molecule has 0 radical (unpaired) electrons. The summed E-state index contributed by atoms with van der Waals surface area (Å²) < 4.78 is 26.0. The molecule has 182 valence electrons.